The number of rotatable bonds is 6. The van der Waals surface area contributed by atoms with E-state index in [1.807, 2.05) is 12.1 Å². The topological polar surface area (TPSA) is 78.3 Å². The van der Waals surface area contributed by atoms with E-state index in [9.17, 15) is 4.79 Å². The van der Waals surface area contributed by atoms with Gasteiger partial charge in [0, 0.05) is 6.04 Å². The molecule has 1 aromatic rings. The summed E-state index contributed by atoms with van der Waals surface area (Å²) in [6, 6.07) is 4.02. The van der Waals surface area contributed by atoms with Crippen LogP contribution in [0.3, 0.4) is 0 Å². The molecule has 4 nitrogen and oxygen atoms in total. The molecule has 0 spiro atoms. The lowest BCUT2D eigenvalue weighted by atomic mass is 10.0. The first-order valence-electron chi connectivity index (χ1n) is 5.58. The van der Waals surface area contributed by atoms with Gasteiger partial charge in [-0.05, 0) is 62.4 Å². The number of nitrogens with two attached hydrogens (primary N) is 2. The Labute approximate surface area is 123 Å². The number of amides is 1. The summed E-state index contributed by atoms with van der Waals surface area (Å²) in [5, 5.41) is 0. The Bertz CT molecular complexity index is 415. The van der Waals surface area contributed by atoms with Crippen LogP contribution in [0.15, 0.2) is 21.1 Å². The van der Waals surface area contributed by atoms with E-state index in [2.05, 4.69) is 38.8 Å². The number of carbonyl (C=O) groups is 1. The summed E-state index contributed by atoms with van der Waals surface area (Å²) >= 11 is 6.82. The summed E-state index contributed by atoms with van der Waals surface area (Å²) in [5.74, 6) is 0.0634. The van der Waals surface area contributed by atoms with Crippen LogP contribution in [0.25, 0.3) is 0 Å². The Balaban J connectivity index is 2.86. The lowest BCUT2D eigenvalue weighted by Crippen LogP contribution is -2.21. The molecule has 4 N–H and O–H groups in total. The Morgan fingerprint density at radius 2 is 1.94 bits per heavy atom. The maximum absolute atomic E-state index is 10.7. The number of primary amides is 1. The van der Waals surface area contributed by atoms with E-state index in [0.717, 1.165) is 27.4 Å². The van der Waals surface area contributed by atoms with Gasteiger partial charge in [0.25, 0.3) is 5.91 Å². The predicted molar refractivity (Wildman–Crippen MR) is 78.5 cm³/mol. The molecule has 6 heteroatoms. The fourth-order valence-electron chi connectivity index (χ4n) is 1.46. The molecule has 0 heterocycles. The fourth-order valence-corrected chi connectivity index (χ4v) is 2.97. The minimum absolute atomic E-state index is 0.140. The lowest BCUT2D eigenvalue weighted by Gasteiger charge is -2.13. The van der Waals surface area contributed by atoms with Crippen LogP contribution in [-0.4, -0.2) is 18.6 Å². The summed E-state index contributed by atoms with van der Waals surface area (Å²) in [5.41, 5.74) is 12.1. The standard InChI is InChI=1S/C12H16Br2N2O2/c1-2-8(15)3-7-4-9(13)12(10(14)5-7)18-6-11(16)17/h4-5,8H,2-3,6,15H2,1H3,(H2,16,17). The summed E-state index contributed by atoms with van der Waals surface area (Å²) in [6.07, 6.45) is 1.72. The monoisotopic (exact) mass is 378 g/mol. The molecule has 0 bridgehead atoms. The highest BCUT2D eigenvalue weighted by molar-refractivity contribution is 9.11. The second kappa shape index (κ2) is 7.11. The molecular formula is C12H16Br2N2O2. The minimum atomic E-state index is -0.508. The average molecular weight is 380 g/mol. The first-order valence-corrected chi connectivity index (χ1v) is 7.17. The Morgan fingerprint density at radius 3 is 2.39 bits per heavy atom. The number of hydrogen-bond acceptors (Lipinski definition) is 3. The third-order valence-corrected chi connectivity index (χ3v) is 3.62. The van der Waals surface area contributed by atoms with Gasteiger partial charge in [-0.25, -0.2) is 0 Å². The van der Waals surface area contributed by atoms with Crippen molar-refractivity contribution in [2.75, 3.05) is 6.61 Å². The molecular weight excluding hydrogens is 364 g/mol. The summed E-state index contributed by atoms with van der Waals surface area (Å²) < 4.78 is 6.86. The van der Waals surface area contributed by atoms with Gasteiger partial charge < -0.3 is 16.2 Å². The van der Waals surface area contributed by atoms with E-state index in [1.54, 1.807) is 0 Å². The van der Waals surface area contributed by atoms with Gasteiger partial charge in [0.1, 0.15) is 5.75 Å². The Kier molecular flexibility index (Phi) is 6.11. The Morgan fingerprint density at radius 1 is 1.39 bits per heavy atom. The number of halogens is 2. The van der Waals surface area contributed by atoms with Crippen LogP contribution in [0.1, 0.15) is 18.9 Å². The van der Waals surface area contributed by atoms with Gasteiger partial charge in [0.2, 0.25) is 0 Å². The first kappa shape index (κ1) is 15.5. The SMILES string of the molecule is CCC(N)Cc1cc(Br)c(OCC(N)=O)c(Br)c1. The van der Waals surface area contributed by atoms with Crippen LogP contribution in [0, 0.1) is 0 Å². The number of benzene rings is 1. The molecule has 0 saturated heterocycles. The van der Waals surface area contributed by atoms with Crippen molar-refractivity contribution in [2.45, 2.75) is 25.8 Å². The Hall–Kier alpha value is -0.590. The lowest BCUT2D eigenvalue weighted by molar-refractivity contribution is -0.119. The molecule has 0 aliphatic carbocycles. The van der Waals surface area contributed by atoms with Crippen LogP contribution in [0.4, 0.5) is 0 Å². The van der Waals surface area contributed by atoms with Crippen molar-refractivity contribution in [1.29, 1.82) is 0 Å². The van der Waals surface area contributed by atoms with Crippen LogP contribution in [0.5, 0.6) is 5.75 Å². The van der Waals surface area contributed by atoms with Crippen molar-refractivity contribution >= 4 is 37.8 Å². The second-order valence-electron chi connectivity index (χ2n) is 4.02. The van der Waals surface area contributed by atoms with Crippen LogP contribution in [0.2, 0.25) is 0 Å². The summed E-state index contributed by atoms with van der Waals surface area (Å²) in [4.78, 5) is 10.7. The number of hydrogen-bond donors (Lipinski definition) is 2. The van der Waals surface area contributed by atoms with Crippen LogP contribution >= 0.6 is 31.9 Å². The van der Waals surface area contributed by atoms with Crippen molar-refractivity contribution in [1.82, 2.24) is 0 Å². The zero-order valence-electron chi connectivity index (χ0n) is 10.1. The molecule has 0 aromatic heterocycles. The van der Waals surface area contributed by atoms with E-state index < -0.39 is 5.91 Å². The smallest absolute Gasteiger partial charge is 0.255 e. The van der Waals surface area contributed by atoms with Gasteiger partial charge in [-0.2, -0.15) is 0 Å². The molecule has 100 valence electrons. The molecule has 0 aliphatic heterocycles. The van der Waals surface area contributed by atoms with E-state index in [4.69, 9.17) is 16.2 Å². The van der Waals surface area contributed by atoms with Gasteiger partial charge in [0.05, 0.1) is 8.95 Å². The van der Waals surface area contributed by atoms with Gasteiger partial charge in [-0.1, -0.05) is 6.92 Å². The fraction of sp³-hybridized carbons (Fsp3) is 0.417. The molecule has 1 unspecified atom stereocenters. The maximum atomic E-state index is 10.7. The molecule has 1 amide bonds. The quantitative estimate of drug-likeness (QED) is 0.796. The molecule has 0 aliphatic rings. The minimum Gasteiger partial charge on any atom is -0.481 e. The predicted octanol–water partition coefficient (Wildman–Crippen LogP) is 2.36. The highest BCUT2D eigenvalue weighted by Crippen LogP contribution is 2.35. The van der Waals surface area contributed by atoms with E-state index >= 15 is 0 Å². The van der Waals surface area contributed by atoms with Gasteiger partial charge in [-0.3, -0.25) is 4.79 Å². The van der Waals surface area contributed by atoms with E-state index in [-0.39, 0.29) is 12.6 Å². The third kappa shape index (κ3) is 4.59. The normalized spacial score (nSPS) is 12.2. The summed E-state index contributed by atoms with van der Waals surface area (Å²) in [7, 11) is 0. The zero-order chi connectivity index (χ0) is 13.7. The van der Waals surface area contributed by atoms with Gasteiger partial charge >= 0.3 is 0 Å². The summed E-state index contributed by atoms with van der Waals surface area (Å²) in [6.45, 7) is 1.91. The van der Waals surface area contributed by atoms with Crippen LogP contribution < -0.4 is 16.2 Å². The maximum Gasteiger partial charge on any atom is 0.255 e. The number of carbonyl (C=O) groups excluding carboxylic acids is 1. The van der Waals surface area contributed by atoms with E-state index in [0.29, 0.717) is 5.75 Å². The van der Waals surface area contributed by atoms with Crippen molar-refractivity contribution < 1.29 is 9.53 Å². The largest absolute Gasteiger partial charge is 0.481 e. The average Bonchev–Trinajstić information content (AvgIpc) is 2.27. The highest BCUT2D eigenvalue weighted by atomic mass is 79.9. The van der Waals surface area contributed by atoms with Crippen molar-refractivity contribution in [2.24, 2.45) is 11.5 Å². The highest BCUT2D eigenvalue weighted by Gasteiger charge is 2.11. The molecule has 1 rings (SSSR count). The molecule has 18 heavy (non-hydrogen) atoms. The molecule has 0 radical (unpaired) electrons. The third-order valence-electron chi connectivity index (χ3n) is 2.44. The molecule has 0 saturated carbocycles. The van der Waals surface area contributed by atoms with Gasteiger partial charge in [-0.15, -0.1) is 0 Å². The van der Waals surface area contributed by atoms with Crippen molar-refractivity contribution in [3.63, 3.8) is 0 Å². The molecule has 1 atom stereocenters. The molecule has 0 fully saturated rings. The molecule has 1 aromatic carbocycles. The number of ether oxygens (including phenoxy) is 1. The second-order valence-corrected chi connectivity index (χ2v) is 5.72. The van der Waals surface area contributed by atoms with Crippen molar-refractivity contribution in [3.05, 3.63) is 26.6 Å². The van der Waals surface area contributed by atoms with Crippen molar-refractivity contribution in [3.8, 4) is 5.75 Å². The van der Waals surface area contributed by atoms with Gasteiger partial charge in [0.15, 0.2) is 6.61 Å². The van der Waals surface area contributed by atoms with Crippen LogP contribution in [-0.2, 0) is 11.2 Å². The van der Waals surface area contributed by atoms with E-state index in [1.165, 1.54) is 0 Å². The zero-order valence-corrected chi connectivity index (χ0v) is 13.3. The first-order chi connectivity index (χ1) is 8.43.